The molecule has 0 atom stereocenters. The average molecular weight is 265 g/mol. The van der Waals surface area contributed by atoms with Crippen LogP contribution in [0.2, 0.25) is 4.13 Å². The molecule has 0 aromatic rings. The second-order valence-corrected chi connectivity index (χ2v) is 10.6. The van der Waals surface area contributed by atoms with E-state index in [-0.39, 0.29) is 0 Å². The Hall–Kier alpha value is -0.157. The fourth-order valence-electron chi connectivity index (χ4n) is 2.12. The number of allylic oxidation sites excluding steroid dienone is 8. The van der Waals surface area contributed by atoms with E-state index < -0.39 is 21.8 Å². The SMILES string of the molecule is CC[CH2][Zr]([C]1=CC=CC1)[C]1=CC=CC1. The first-order valence-corrected chi connectivity index (χ1v) is 9.69. The zero-order valence-electron chi connectivity index (χ0n) is 8.79. The molecule has 73 valence electrons. The molecule has 0 bridgehead atoms. The second kappa shape index (κ2) is 5.07. The van der Waals surface area contributed by atoms with Crippen molar-refractivity contribution in [1.29, 1.82) is 0 Å². The Labute approximate surface area is 94.8 Å². The molecule has 0 aromatic carbocycles. The van der Waals surface area contributed by atoms with E-state index >= 15 is 0 Å². The molecule has 2 aliphatic carbocycles. The number of hydrogen-bond acceptors (Lipinski definition) is 0. The van der Waals surface area contributed by atoms with Gasteiger partial charge in [-0.1, -0.05) is 0 Å². The van der Waals surface area contributed by atoms with E-state index in [0.717, 1.165) is 0 Å². The van der Waals surface area contributed by atoms with Crippen LogP contribution in [0.4, 0.5) is 0 Å². The van der Waals surface area contributed by atoms with Crippen LogP contribution in [0.3, 0.4) is 0 Å². The van der Waals surface area contributed by atoms with Gasteiger partial charge in [0.15, 0.2) is 0 Å². The van der Waals surface area contributed by atoms with Crippen molar-refractivity contribution in [3.63, 3.8) is 0 Å². The summed E-state index contributed by atoms with van der Waals surface area (Å²) in [5, 5.41) is 0. The summed E-state index contributed by atoms with van der Waals surface area (Å²) in [6.07, 6.45) is 17.8. The molecule has 0 unspecified atom stereocenters. The molecule has 0 saturated carbocycles. The van der Waals surface area contributed by atoms with Crippen LogP contribution in [0, 0.1) is 0 Å². The van der Waals surface area contributed by atoms with Crippen molar-refractivity contribution in [2.45, 2.75) is 30.3 Å². The third-order valence-corrected chi connectivity index (χ3v) is 10.9. The average Bonchev–Trinajstić information content (AvgIpc) is 2.87. The van der Waals surface area contributed by atoms with Gasteiger partial charge >= 0.3 is 95.1 Å². The Kier molecular flexibility index (Phi) is 3.76. The van der Waals surface area contributed by atoms with E-state index in [9.17, 15) is 0 Å². The zero-order valence-corrected chi connectivity index (χ0v) is 11.3. The summed E-state index contributed by atoms with van der Waals surface area (Å²) in [6, 6.07) is 0. The molecule has 2 aliphatic rings. The first-order chi connectivity index (χ1) is 6.92. The quantitative estimate of drug-likeness (QED) is 0.716. The van der Waals surface area contributed by atoms with Gasteiger partial charge in [-0.15, -0.1) is 0 Å². The van der Waals surface area contributed by atoms with Gasteiger partial charge in [0.2, 0.25) is 0 Å². The zero-order chi connectivity index (χ0) is 9.80. The summed E-state index contributed by atoms with van der Waals surface area (Å²) in [6.45, 7) is 2.33. The predicted octanol–water partition coefficient (Wildman–Crippen LogP) is 4.12. The van der Waals surface area contributed by atoms with Gasteiger partial charge in [0, 0.05) is 0 Å². The molecule has 0 heterocycles. The Morgan fingerprint density at radius 2 is 1.64 bits per heavy atom. The van der Waals surface area contributed by atoms with E-state index in [1.165, 1.54) is 23.4 Å². The van der Waals surface area contributed by atoms with E-state index in [1.54, 1.807) is 0 Å². The van der Waals surface area contributed by atoms with Crippen LogP contribution in [0.1, 0.15) is 26.2 Å². The van der Waals surface area contributed by atoms with E-state index in [0.29, 0.717) is 0 Å². The van der Waals surface area contributed by atoms with Gasteiger partial charge in [-0.2, -0.15) is 0 Å². The molecule has 0 N–H and O–H groups in total. The van der Waals surface area contributed by atoms with Crippen molar-refractivity contribution in [3.05, 3.63) is 43.0 Å². The van der Waals surface area contributed by atoms with Gasteiger partial charge in [0.1, 0.15) is 0 Å². The van der Waals surface area contributed by atoms with Crippen molar-refractivity contribution >= 4 is 0 Å². The molecule has 0 aliphatic heterocycles. The third kappa shape index (κ3) is 2.26. The number of hydrogen-bond donors (Lipinski definition) is 0. The molecule has 0 amide bonds. The molecular weight excluding hydrogens is 247 g/mol. The molecule has 0 aromatic heterocycles. The van der Waals surface area contributed by atoms with Crippen molar-refractivity contribution in [2.24, 2.45) is 0 Å². The maximum absolute atomic E-state index is 2.39. The maximum atomic E-state index is 2.39. The minimum atomic E-state index is -1.35. The third-order valence-electron chi connectivity index (χ3n) is 2.82. The Morgan fingerprint density at radius 1 is 1.07 bits per heavy atom. The Balaban J connectivity index is 2.07. The molecule has 0 saturated heterocycles. The van der Waals surface area contributed by atoms with Crippen molar-refractivity contribution in [1.82, 2.24) is 0 Å². The molecule has 0 nitrogen and oxygen atoms in total. The van der Waals surface area contributed by atoms with Crippen LogP contribution in [0.15, 0.2) is 43.0 Å². The van der Waals surface area contributed by atoms with Crippen LogP contribution >= 0.6 is 0 Å². The summed E-state index contributed by atoms with van der Waals surface area (Å²) < 4.78 is 5.12. The van der Waals surface area contributed by atoms with Gasteiger partial charge in [-0.25, -0.2) is 0 Å². The molecule has 0 radical (unpaired) electrons. The molecular formula is C13H17Zr. The normalized spacial score (nSPS) is 18.6. The van der Waals surface area contributed by atoms with Crippen molar-refractivity contribution in [2.75, 3.05) is 0 Å². The first kappa shape index (κ1) is 10.4. The number of rotatable bonds is 4. The van der Waals surface area contributed by atoms with Crippen molar-refractivity contribution in [3.8, 4) is 0 Å². The monoisotopic (exact) mass is 263 g/mol. The summed E-state index contributed by atoms with van der Waals surface area (Å²) in [5.41, 5.74) is 0. The Bertz CT molecular complexity index is 288. The standard InChI is InChI=1S/2C5H5.C3H7.Zr/c2*1-2-4-5-3-1;1-3-2;/h2*1-3H,4H2;1,3H2,2H3;. The fraction of sp³-hybridized carbons (Fsp3) is 0.385. The molecule has 14 heavy (non-hydrogen) atoms. The van der Waals surface area contributed by atoms with Gasteiger partial charge < -0.3 is 0 Å². The van der Waals surface area contributed by atoms with Crippen LogP contribution in [-0.4, -0.2) is 0 Å². The van der Waals surface area contributed by atoms with Crippen LogP contribution in [0.25, 0.3) is 0 Å². The van der Waals surface area contributed by atoms with Gasteiger partial charge in [-0.3, -0.25) is 0 Å². The van der Waals surface area contributed by atoms with Crippen LogP contribution in [-0.2, 0) is 21.8 Å². The van der Waals surface area contributed by atoms with E-state index in [4.69, 9.17) is 0 Å². The summed E-state index contributed by atoms with van der Waals surface area (Å²) in [7, 11) is 0. The van der Waals surface area contributed by atoms with Gasteiger partial charge in [-0.05, 0) is 0 Å². The van der Waals surface area contributed by atoms with Gasteiger partial charge in [0.05, 0.1) is 0 Å². The molecule has 1 heteroatoms. The second-order valence-electron chi connectivity index (χ2n) is 3.88. The molecule has 0 fully saturated rings. The topological polar surface area (TPSA) is 0 Å². The first-order valence-electron chi connectivity index (χ1n) is 5.49. The van der Waals surface area contributed by atoms with E-state index in [2.05, 4.69) is 43.4 Å². The molecule has 0 spiro atoms. The van der Waals surface area contributed by atoms with E-state index in [1.807, 2.05) is 6.56 Å². The summed E-state index contributed by atoms with van der Waals surface area (Å²) >= 11 is -1.35. The summed E-state index contributed by atoms with van der Waals surface area (Å²) in [4.78, 5) is 0. The fourth-order valence-corrected chi connectivity index (χ4v) is 9.19. The Morgan fingerprint density at radius 3 is 2.00 bits per heavy atom. The van der Waals surface area contributed by atoms with Crippen LogP contribution in [0.5, 0.6) is 0 Å². The van der Waals surface area contributed by atoms with Crippen molar-refractivity contribution < 1.29 is 21.8 Å². The predicted molar refractivity (Wildman–Crippen MR) is 58.8 cm³/mol. The molecule has 2 rings (SSSR count). The minimum absolute atomic E-state index is 1.26. The van der Waals surface area contributed by atoms with Gasteiger partial charge in [0.25, 0.3) is 0 Å². The van der Waals surface area contributed by atoms with Crippen LogP contribution < -0.4 is 0 Å². The summed E-state index contributed by atoms with van der Waals surface area (Å²) in [5.74, 6) is 0.